The molecule has 28 heavy (non-hydrogen) atoms. The Balaban J connectivity index is 1.73. The van der Waals surface area contributed by atoms with Crippen LogP contribution in [0.3, 0.4) is 0 Å². The molecule has 0 N–H and O–H groups in total. The first-order valence-corrected chi connectivity index (χ1v) is 9.75. The average Bonchev–Trinajstić information content (AvgIpc) is 3.25. The minimum atomic E-state index is 0.882. The summed E-state index contributed by atoms with van der Waals surface area (Å²) in [6.07, 6.45) is 7.08. The lowest BCUT2D eigenvalue weighted by Crippen LogP contribution is -2.32. The molecule has 0 amide bonds. The fourth-order valence-corrected chi connectivity index (χ4v) is 4.43. The maximum atomic E-state index is 4.54. The Morgan fingerprint density at radius 1 is 0.964 bits per heavy atom. The van der Waals surface area contributed by atoms with Gasteiger partial charge in [0, 0.05) is 30.4 Å². The van der Waals surface area contributed by atoms with Crippen molar-refractivity contribution in [2.45, 2.75) is 27.2 Å². The number of hydrogen-bond acceptors (Lipinski definition) is 1. The second-order valence-corrected chi connectivity index (χ2v) is 7.88. The van der Waals surface area contributed by atoms with Gasteiger partial charge >= 0.3 is 0 Å². The van der Waals surface area contributed by atoms with E-state index in [2.05, 4.69) is 96.8 Å². The summed E-state index contributed by atoms with van der Waals surface area (Å²) in [5, 5.41) is 0. The molecule has 0 aliphatic carbocycles. The number of imidazole rings is 1. The number of pyridine rings is 1. The van der Waals surface area contributed by atoms with Crippen LogP contribution in [-0.4, -0.2) is 9.55 Å². The normalized spacial score (nSPS) is 12.1. The summed E-state index contributed by atoms with van der Waals surface area (Å²) >= 11 is 0. The van der Waals surface area contributed by atoms with E-state index in [1.54, 1.807) is 0 Å². The first kappa shape index (κ1) is 16.9. The van der Waals surface area contributed by atoms with Gasteiger partial charge < -0.3 is 4.57 Å². The van der Waals surface area contributed by atoms with Crippen molar-refractivity contribution < 1.29 is 4.57 Å². The molecule has 2 aromatic carbocycles. The quantitative estimate of drug-likeness (QED) is 0.409. The van der Waals surface area contributed by atoms with Crippen molar-refractivity contribution in [2.75, 3.05) is 0 Å². The smallest absolute Gasteiger partial charge is 0.213 e. The van der Waals surface area contributed by atoms with Crippen LogP contribution in [0.1, 0.15) is 28.1 Å². The number of benzene rings is 2. The molecule has 1 aliphatic rings. The van der Waals surface area contributed by atoms with Crippen molar-refractivity contribution in [1.29, 1.82) is 0 Å². The first-order chi connectivity index (χ1) is 13.5. The van der Waals surface area contributed by atoms with Gasteiger partial charge in [0.25, 0.3) is 0 Å². The SMILES string of the molecule is Cc1ccc(-c2cc(-c3c(C)ccc4c3Cc3nccn3-4)[n+](C)cc2C)cc1. The summed E-state index contributed by atoms with van der Waals surface area (Å²) in [7, 11) is 2.15. The zero-order valence-corrected chi connectivity index (χ0v) is 16.8. The molecule has 0 atom stereocenters. The fourth-order valence-electron chi connectivity index (χ4n) is 4.43. The second kappa shape index (κ2) is 6.16. The summed E-state index contributed by atoms with van der Waals surface area (Å²) in [6.45, 7) is 6.53. The molecule has 0 saturated heterocycles. The van der Waals surface area contributed by atoms with Crippen LogP contribution in [-0.2, 0) is 13.5 Å². The molecule has 0 fully saturated rings. The van der Waals surface area contributed by atoms with Gasteiger partial charge in [0.15, 0.2) is 6.20 Å². The molecule has 5 rings (SSSR count). The number of aryl methyl sites for hydroxylation is 4. The van der Waals surface area contributed by atoms with Gasteiger partial charge in [-0.05, 0) is 49.1 Å². The Labute approximate surface area is 165 Å². The first-order valence-electron chi connectivity index (χ1n) is 9.75. The lowest BCUT2D eigenvalue weighted by molar-refractivity contribution is -0.660. The molecule has 138 valence electrons. The largest absolute Gasteiger partial charge is 0.303 e. The molecule has 0 saturated carbocycles. The Morgan fingerprint density at radius 3 is 2.54 bits per heavy atom. The van der Waals surface area contributed by atoms with Gasteiger partial charge in [-0.25, -0.2) is 9.55 Å². The molecule has 0 radical (unpaired) electrons. The highest BCUT2D eigenvalue weighted by atomic mass is 15.1. The van der Waals surface area contributed by atoms with Crippen molar-refractivity contribution in [1.82, 2.24) is 9.55 Å². The van der Waals surface area contributed by atoms with Crippen LogP contribution in [0.25, 0.3) is 28.1 Å². The van der Waals surface area contributed by atoms with Crippen molar-refractivity contribution in [3.05, 3.63) is 89.1 Å². The molecule has 2 aromatic heterocycles. The molecule has 4 aromatic rings. The highest BCUT2D eigenvalue weighted by Crippen LogP contribution is 2.37. The summed E-state index contributed by atoms with van der Waals surface area (Å²) < 4.78 is 4.48. The third-order valence-electron chi connectivity index (χ3n) is 5.90. The topological polar surface area (TPSA) is 21.7 Å². The van der Waals surface area contributed by atoms with Crippen LogP contribution < -0.4 is 4.57 Å². The molecular weight excluding hydrogens is 342 g/mol. The van der Waals surface area contributed by atoms with Gasteiger partial charge in [0.1, 0.15) is 12.9 Å². The van der Waals surface area contributed by atoms with Crippen molar-refractivity contribution in [3.63, 3.8) is 0 Å². The second-order valence-electron chi connectivity index (χ2n) is 7.88. The van der Waals surface area contributed by atoms with Crippen molar-refractivity contribution in [2.24, 2.45) is 7.05 Å². The van der Waals surface area contributed by atoms with E-state index in [-0.39, 0.29) is 0 Å². The number of aromatic nitrogens is 3. The number of rotatable bonds is 2. The number of hydrogen-bond donors (Lipinski definition) is 0. The van der Waals surface area contributed by atoms with E-state index in [0.717, 1.165) is 12.2 Å². The molecule has 3 nitrogen and oxygen atoms in total. The highest BCUT2D eigenvalue weighted by Gasteiger charge is 2.27. The lowest BCUT2D eigenvalue weighted by atomic mass is 9.93. The summed E-state index contributed by atoms with van der Waals surface area (Å²) in [6, 6.07) is 15.6. The van der Waals surface area contributed by atoms with Crippen LogP contribution in [0, 0.1) is 20.8 Å². The van der Waals surface area contributed by atoms with E-state index < -0.39 is 0 Å². The van der Waals surface area contributed by atoms with Gasteiger partial charge in [-0.15, -0.1) is 0 Å². The average molecular weight is 366 g/mol. The number of nitrogens with zero attached hydrogens (tertiary/aromatic N) is 3. The Kier molecular flexibility index (Phi) is 3.73. The predicted molar refractivity (Wildman–Crippen MR) is 113 cm³/mol. The van der Waals surface area contributed by atoms with E-state index in [4.69, 9.17) is 0 Å². The van der Waals surface area contributed by atoms with E-state index in [1.165, 1.54) is 50.3 Å². The number of fused-ring (bicyclic) bond motifs is 3. The molecule has 3 heterocycles. The van der Waals surface area contributed by atoms with Crippen LogP contribution in [0.5, 0.6) is 0 Å². The Hall–Kier alpha value is -3.20. The van der Waals surface area contributed by atoms with E-state index in [1.807, 2.05) is 6.20 Å². The zero-order valence-electron chi connectivity index (χ0n) is 16.8. The van der Waals surface area contributed by atoms with E-state index in [9.17, 15) is 0 Å². The van der Waals surface area contributed by atoms with Gasteiger partial charge in [0.2, 0.25) is 5.69 Å². The molecule has 3 heteroatoms. The van der Waals surface area contributed by atoms with Crippen LogP contribution in [0.4, 0.5) is 0 Å². The minimum Gasteiger partial charge on any atom is -0.303 e. The van der Waals surface area contributed by atoms with Crippen LogP contribution in [0.15, 0.2) is 61.1 Å². The molecule has 0 spiro atoms. The highest BCUT2D eigenvalue weighted by molar-refractivity contribution is 5.77. The lowest BCUT2D eigenvalue weighted by Gasteiger charge is -2.13. The van der Waals surface area contributed by atoms with Crippen LogP contribution >= 0.6 is 0 Å². The molecular formula is C25H24N3+. The fraction of sp³-hybridized carbons (Fsp3) is 0.200. The summed E-state index contributed by atoms with van der Waals surface area (Å²) in [5.41, 5.74) is 11.6. The standard InChI is InChI=1S/C25H24N3/c1-16-5-8-19(9-6-16)20-13-23(27(4)15-18(20)3)25-17(2)7-10-22-21(25)14-24-26-11-12-28(22)24/h5-13,15H,14H2,1-4H3/q+1. The van der Waals surface area contributed by atoms with Crippen molar-refractivity contribution >= 4 is 0 Å². The molecule has 1 aliphatic heterocycles. The third kappa shape index (κ3) is 2.50. The monoisotopic (exact) mass is 366 g/mol. The molecule has 0 bridgehead atoms. The predicted octanol–water partition coefficient (Wildman–Crippen LogP) is 4.86. The van der Waals surface area contributed by atoms with Gasteiger partial charge in [0.05, 0.1) is 11.3 Å². The zero-order chi connectivity index (χ0) is 19.4. The third-order valence-corrected chi connectivity index (χ3v) is 5.90. The maximum absolute atomic E-state index is 4.54. The van der Waals surface area contributed by atoms with E-state index in [0.29, 0.717) is 0 Å². The van der Waals surface area contributed by atoms with Gasteiger partial charge in [-0.3, -0.25) is 0 Å². The van der Waals surface area contributed by atoms with Gasteiger partial charge in [-0.2, -0.15) is 0 Å². The van der Waals surface area contributed by atoms with Crippen molar-refractivity contribution in [3.8, 4) is 28.1 Å². The molecule has 0 unspecified atom stereocenters. The maximum Gasteiger partial charge on any atom is 0.213 e. The Morgan fingerprint density at radius 2 is 1.75 bits per heavy atom. The summed E-state index contributed by atoms with van der Waals surface area (Å²) in [5.74, 6) is 1.12. The van der Waals surface area contributed by atoms with E-state index >= 15 is 0 Å². The summed E-state index contributed by atoms with van der Waals surface area (Å²) in [4.78, 5) is 4.54. The van der Waals surface area contributed by atoms with Crippen LogP contribution in [0.2, 0.25) is 0 Å². The minimum absolute atomic E-state index is 0.882. The Bertz CT molecular complexity index is 1210. The van der Waals surface area contributed by atoms with Gasteiger partial charge in [-0.1, -0.05) is 35.9 Å².